The molecule has 0 amide bonds. The number of rotatable bonds is 8. The minimum absolute atomic E-state index is 0. The Morgan fingerprint density at radius 2 is 1.38 bits per heavy atom. The summed E-state index contributed by atoms with van der Waals surface area (Å²) in [6.45, 7) is 2.56. The summed E-state index contributed by atoms with van der Waals surface area (Å²) in [7, 11) is 6.22. The summed E-state index contributed by atoms with van der Waals surface area (Å²) in [6, 6.07) is 20.9. The van der Waals surface area contributed by atoms with Crippen LogP contribution in [0.3, 0.4) is 0 Å². The summed E-state index contributed by atoms with van der Waals surface area (Å²) < 4.78 is 6.08. The van der Waals surface area contributed by atoms with Crippen LogP contribution in [-0.4, -0.2) is 44.1 Å². The minimum atomic E-state index is 0. The molecule has 0 heterocycles. The molecule has 3 nitrogen and oxygen atoms in total. The number of hydrogen-bond donors (Lipinski definition) is 0. The van der Waals surface area contributed by atoms with Crippen molar-refractivity contribution in [2.24, 2.45) is 0 Å². The van der Waals surface area contributed by atoms with E-state index in [2.05, 4.69) is 65.4 Å². The highest BCUT2D eigenvalue weighted by atomic mass is 35.5. The highest BCUT2D eigenvalue weighted by Gasteiger charge is 2.14. The molecule has 0 aliphatic rings. The van der Waals surface area contributed by atoms with Gasteiger partial charge in [-0.3, -0.25) is 9.80 Å². The van der Waals surface area contributed by atoms with Crippen LogP contribution in [0.5, 0.6) is 0 Å². The zero-order valence-electron chi connectivity index (χ0n) is 14.6. The average molecular weight is 371 g/mol. The Hall–Kier alpha value is -1.10. The number of halogens is 2. The molecule has 2 aromatic carbocycles. The Morgan fingerprint density at radius 1 is 0.833 bits per heavy atom. The fourth-order valence-corrected chi connectivity index (χ4v) is 2.46. The van der Waals surface area contributed by atoms with Gasteiger partial charge in [-0.2, -0.15) is 0 Å². The molecule has 0 N–H and O–H groups in total. The second-order valence-electron chi connectivity index (χ2n) is 5.82. The van der Waals surface area contributed by atoms with Crippen LogP contribution in [0, 0.1) is 0 Å². The first-order valence-corrected chi connectivity index (χ1v) is 7.72. The molecule has 1 atom stereocenters. The van der Waals surface area contributed by atoms with E-state index in [1.807, 2.05) is 26.2 Å². The van der Waals surface area contributed by atoms with Gasteiger partial charge in [0.25, 0.3) is 0 Å². The quantitative estimate of drug-likeness (QED) is 0.646. The third kappa shape index (κ3) is 7.65. The Kier molecular flexibility index (Phi) is 11.7. The van der Waals surface area contributed by atoms with Gasteiger partial charge >= 0.3 is 0 Å². The van der Waals surface area contributed by atoms with Crippen molar-refractivity contribution in [2.45, 2.75) is 12.8 Å². The van der Waals surface area contributed by atoms with Crippen molar-refractivity contribution in [3.63, 3.8) is 0 Å². The monoisotopic (exact) mass is 370 g/mol. The summed E-state index contributed by atoms with van der Waals surface area (Å²) in [4.78, 5) is 4.39. The molecule has 0 bridgehead atoms. The van der Waals surface area contributed by atoms with Gasteiger partial charge < -0.3 is 4.74 Å². The van der Waals surface area contributed by atoms with Crippen LogP contribution in [0.15, 0.2) is 60.7 Å². The van der Waals surface area contributed by atoms with Gasteiger partial charge in [0.15, 0.2) is 0 Å². The van der Waals surface area contributed by atoms with Gasteiger partial charge in [-0.1, -0.05) is 60.7 Å². The Balaban J connectivity index is 0.00000264. The molecule has 0 fully saturated rings. The van der Waals surface area contributed by atoms with Crippen LogP contribution in [0.4, 0.5) is 0 Å². The second kappa shape index (κ2) is 12.3. The van der Waals surface area contributed by atoms with Crippen molar-refractivity contribution in [1.29, 1.82) is 0 Å². The summed E-state index contributed by atoms with van der Waals surface area (Å²) in [5, 5.41) is 0. The number of nitrogens with zero attached hydrogens (tertiary/aromatic N) is 2. The molecule has 0 aliphatic carbocycles. The zero-order chi connectivity index (χ0) is 15.8. The van der Waals surface area contributed by atoms with Crippen molar-refractivity contribution < 1.29 is 4.74 Å². The van der Waals surface area contributed by atoms with Crippen LogP contribution < -0.4 is 0 Å². The third-order valence-corrected chi connectivity index (χ3v) is 3.60. The standard InChI is InChI=1S/C19H26N2O.2ClH/c1-20(2)19(18-12-8-5-9-13-18)22-15-14-21(3)16-17-10-6-4-7-11-17;;/h4-13,19H,14-16H2,1-3H3;2*1H. The highest BCUT2D eigenvalue weighted by Crippen LogP contribution is 2.19. The molecule has 2 rings (SSSR count). The van der Waals surface area contributed by atoms with E-state index in [-0.39, 0.29) is 31.0 Å². The molecule has 5 heteroatoms. The predicted octanol–water partition coefficient (Wildman–Crippen LogP) is 4.24. The van der Waals surface area contributed by atoms with E-state index in [0.717, 1.165) is 13.1 Å². The Bertz CT molecular complexity index is 538. The number of likely N-dealkylation sites (N-methyl/N-ethyl adjacent to an activating group) is 1. The van der Waals surface area contributed by atoms with Crippen LogP contribution in [0.25, 0.3) is 0 Å². The SMILES string of the molecule is CN(CCOC(c1ccccc1)N(C)C)Cc1ccccc1.Cl.Cl. The highest BCUT2D eigenvalue weighted by molar-refractivity contribution is 5.85. The summed E-state index contributed by atoms with van der Waals surface area (Å²) in [6.07, 6.45) is 0.00586. The molecule has 1 unspecified atom stereocenters. The average Bonchev–Trinajstić information content (AvgIpc) is 2.53. The third-order valence-electron chi connectivity index (χ3n) is 3.60. The van der Waals surface area contributed by atoms with Gasteiger partial charge in [-0.25, -0.2) is 0 Å². The molecule has 24 heavy (non-hydrogen) atoms. The maximum atomic E-state index is 6.08. The van der Waals surface area contributed by atoms with E-state index < -0.39 is 0 Å². The van der Waals surface area contributed by atoms with Gasteiger partial charge in [-0.15, -0.1) is 24.8 Å². The number of hydrogen-bond acceptors (Lipinski definition) is 3. The minimum Gasteiger partial charge on any atom is -0.358 e. The molecule has 0 spiro atoms. The molecule has 0 radical (unpaired) electrons. The lowest BCUT2D eigenvalue weighted by molar-refractivity contribution is -0.0442. The summed E-state index contributed by atoms with van der Waals surface area (Å²) in [5.41, 5.74) is 2.52. The molecular formula is C19H28Cl2N2O. The van der Waals surface area contributed by atoms with Crippen LogP contribution in [0.1, 0.15) is 17.4 Å². The molecule has 0 aromatic heterocycles. The Morgan fingerprint density at radius 3 is 1.92 bits per heavy atom. The van der Waals surface area contributed by atoms with E-state index >= 15 is 0 Å². The maximum Gasteiger partial charge on any atom is 0.136 e. The molecule has 0 saturated carbocycles. The number of benzene rings is 2. The Labute approximate surface area is 158 Å². The van der Waals surface area contributed by atoms with Crippen molar-refractivity contribution in [2.75, 3.05) is 34.3 Å². The topological polar surface area (TPSA) is 15.7 Å². The maximum absolute atomic E-state index is 6.08. The summed E-state index contributed by atoms with van der Waals surface area (Å²) in [5.74, 6) is 0. The van der Waals surface area contributed by atoms with Crippen molar-refractivity contribution >= 4 is 24.8 Å². The first-order chi connectivity index (χ1) is 10.7. The van der Waals surface area contributed by atoms with Gasteiger partial charge in [0.05, 0.1) is 6.61 Å². The van der Waals surface area contributed by atoms with E-state index in [1.54, 1.807) is 0 Å². The zero-order valence-corrected chi connectivity index (χ0v) is 16.2. The first kappa shape index (κ1) is 22.9. The van der Waals surface area contributed by atoms with Crippen molar-refractivity contribution in [3.05, 3.63) is 71.8 Å². The fourth-order valence-electron chi connectivity index (χ4n) is 2.46. The second-order valence-corrected chi connectivity index (χ2v) is 5.82. The van der Waals surface area contributed by atoms with E-state index in [0.29, 0.717) is 6.61 Å². The van der Waals surface area contributed by atoms with Crippen molar-refractivity contribution in [1.82, 2.24) is 9.80 Å². The normalized spacial score (nSPS) is 11.7. The largest absolute Gasteiger partial charge is 0.358 e. The molecule has 134 valence electrons. The lowest BCUT2D eigenvalue weighted by atomic mass is 10.2. The van der Waals surface area contributed by atoms with Gasteiger partial charge in [-0.05, 0) is 32.3 Å². The van der Waals surface area contributed by atoms with E-state index in [4.69, 9.17) is 4.74 Å². The molecule has 0 aliphatic heterocycles. The smallest absolute Gasteiger partial charge is 0.136 e. The fraction of sp³-hybridized carbons (Fsp3) is 0.368. The number of ether oxygens (including phenoxy) is 1. The molecule has 0 saturated heterocycles. The summed E-state index contributed by atoms with van der Waals surface area (Å²) >= 11 is 0. The van der Waals surface area contributed by atoms with Crippen LogP contribution in [0.2, 0.25) is 0 Å². The van der Waals surface area contributed by atoms with Gasteiger partial charge in [0.1, 0.15) is 6.23 Å². The predicted molar refractivity (Wildman–Crippen MR) is 106 cm³/mol. The van der Waals surface area contributed by atoms with E-state index in [1.165, 1.54) is 11.1 Å². The van der Waals surface area contributed by atoms with Crippen LogP contribution in [-0.2, 0) is 11.3 Å². The lowest BCUT2D eigenvalue weighted by Crippen LogP contribution is -2.28. The van der Waals surface area contributed by atoms with E-state index in [9.17, 15) is 0 Å². The molecule has 2 aromatic rings. The first-order valence-electron chi connectivity index (χ1n) is 7.72. The molecular weight excluding hydrogens is 343 g/mol. The van der Waals surface area contributed by atoms with Crippen LogP contribution >= 0.6 is 24.8 Å². The van der Waals surface area contributed by atoms with Crippen molar-refractivity contribution in [3.8, 4) is 0 Å². The van der Waals surface area contributed by atoms with Gasteiger partial charge in [0.2, 0.25) is 0 Å². The lowest BCUT2D eigenvalue weighted by Gasteiger charge is -2.26. The van der Waals surface area contributed by atoms with Gasteiger partial charge in [0, 0.05) is 13.1 Å².